The molecule has 12 rings (SSSR count). The first-order valence-electron chi connectivity index (χ1n) is 34.0. The Labute approximate surface area is 575 Å². The lowest BCUT2D eigenvalue weighted by Crippen LogP contribution is -1.85. The van der Waals surface area contributed by atoms with Gasteiger partial charge in [0, 0.05) is 33.1 Å². The summed E-state index contributed by atoms with van der Waals surface area (Å²) in [5.74, 6) is 3.82. The Morgan fingerprint density at radius 2 is 0.678 bits per heavy atom. The van der Waals surface area contributed by atoms with E-state index in [9.17, 15) is 0 Å². The van der Waals surface area contributed by atoms with Crippen LogP contribution in [0.2, 0.25) is 0 Å². The van der Waals surface area contributed by atoms with E-state index in [0.29, 0.717) is 35.5 Å². The van der Waals surface area contributed by atoms with E-state index < -0.39 is 0 Å². The van der Waals surface area contributed by atoms with Gasteiger partial charge >= 0.3 is 0 Å². The molecule has 0 amide bonds. The van der Waals surface area contributed by atoms with Gasteiger partial charge in [-0.3, -0.25) is 0 Å². The molecule has 12 aromatic rings. The molecule has 0 aliphatic heterocycles. The van der Waals surface area contributed by atoms with Crippen molar-refractivity contribution in [1.29, 1.82) is 0 Å². The highest BCUT2D eigenvalue weighted by Gasteiger charge is 2.08. The Hall–Kier alpha value is -4.92. The molecule has 6 aromatic carbocycles. The van der Waals surface area contributed by atoms with Gasteiger partial charge < -0.3 is 0 Å². The van der Waals surface area contributed by atoms with Crippen LogP contribution >= 0.6 is 68.0 Å². The molecular formula is C84H120S6. The second-order valence-corrected chi connectivity index (χ2v) is 30.1. The van der Waals surface area contributed by atoms with Crippen LogP contribution in [0.4, 0.5) is 0 Å². The Kier molecular flexibility index (Phi) is 45.0. The lowest BCUT2D eigenvalue weighted by atomic mass is 10.00. The van der Waals surface area contributed by atoms with Crippen LogP contribution in [-0.2, 0) is 0 Å². The van der Waals surface area contributed by atoms with Crippen molar-refractivity contribution in [2.75, 3.05) is 0 Å². The van der Waals surface area contributed by atoms with E-state index in [-0.39, 0.29) is 0 Å². The number of benzene rings is 6. The zero-order valence-corrected chi connectivity index (χ0v) is 65.4. The van der Waals surface area contributed by atoms with Gasteiger partial charge in [0.15, 0.2) is 0 Å². The third-order valence-corrected chi connectivity index (χ3v) is 18.8. The third kappa shape index (κ3) is 30.2. The highest BCUT2D eigenvalue weighted by molar-refractivity contribution is 7.19. The summed E-state index contributed by atoms with van der Waals surface area (Å²) in [5.41, 5.74) is 7.29. The first-order valence-corrected chi connectivity index (χ1v) is 39.2. The zero-order valence-electron chi connectivity index (χ0n) is 60.5. The molecule has 0 bridgehead atoms. The molecule has 0 radical (unpaired) electrons. The maximum atomic E-state index is 2.30. The van der Waals surface area contributed by atoms with E-state index >= 15 is 0 Å². The largest absolute Gasteiger partial charge is 0.144 e. The third-order valence-electron chi connectivity index (χ3n) is 12.7. The standard InChI is InChI=1S/6C11H12S.6C3H8/c1-8(2)9-3-4-11-10(7-9)5-6-12-11;1-8(2)10-4-3-9-5-6-12-11(9)7-10;1-8(2)9-4-3-5-11-10(9)6-7-12-11;1-8(2)10-5-3-4-9-6-7-12-11(9)10;1-8(2)10-7-12-11-6-4-3-5-9(10)11;1-8(2)11-7-9-5-3-4-6-10(9)12-11;6*1-3-2/h6*3-8H,1-2H3;6*3H2,1-2H3. The maximum absolute atomic E-state index is 2.30. The van der Waals surface area contributed by atoms with Crippen molar-refractivity contribution >= 4 is 129 Å². The van der Waals surface area contributed by atoms with Gasteiger partial charge in [0.05, 0.1) is 0 Å². The molecule has 0 saturated heterocycles. The molecule has 0 atom stereocenters. The number of hydrogen-bond donors (Lipinski definition) is 0. The molecule has 0 aliphatic rings. The monoisotopic (exact) mass is 1320 g/mol. The second-order valence-electron chi connectivity index (χ2n) is 24.3. The van der Waals surface area contributed by atoms with Crippen molar-refractivity contribution < 1.29 is 0 Å². The molecule has 6 heterocycles. The number of fused-ring (bicyclic) bond motifs is 6. The molecule has 492 valence electrons. The summed E-state index contributed by atoms with van der Waals surface area (Å²) in [6.07, 6.45) is 7.50. The summed E-state index contributed by atoms with van der Waals surface area (Å²) in [5, 5.41) is 19.3. The molecule has 0 saturated carbocycles. The smallest absolute Gasteiger partial charge is 0.0377 e. The zero-order chi connectivity index (χ0) is 67.6. The molecule has 0 N–H and O–H groups in total. The average Bonchev–Trinajstić information content (AvgIpc) is 1.98. The van der Waals surface area contributed by atoms with Crippen LogP contribution in [0.5, 0.6) is 0 Å². The number of thiophene rings is 6. The highest BCUT2D eigenvalue weighted by atomic mass is 32.1. The van der Waals surface area contributed by atoms with E-state index in [4.69, 9.17) is 0 Å². The summed E-state index contributed by atoms with van der Waals surface area (Å²) >= 11 is 11.0. The normalized spacial score (nSPS) is 10.2. The van der Waals surface area contributed by atoms with E-state index in [0.717, 1.165) is 0 Å². The Morgan fingerprint density at radius 1 is 0.267 bits per heavy atom. The van der Waals surface area contributed by atoms with Crippen LogP contribution in [0.15, 0.2) is 179 Å². The molecule has 0 fully saturated rings. The van der Waals surface area contributed by atoms with Gasteiger partial charge in [0.1, 0.15) is 0 Å². The minimum atomic E-state index is 0.628. The SMILES string of the molecule is CC(C)c1cc2ccccc2s1.CC(C)c1ccc2ccsc2c1.CC(C)c1ccc2sccc2c1.CC(C)c1cccc2ccsc12.CC(C)c1cccc2sccc12.CC(C)c1csc2ccccc12.CCC.CCC.CCC.CCC.CCC.CCC. The van der Waals surface area contributed by atoms with Crippen molar-refractivity contribution in [2.45, 2.75) is 240 Å². The van der Waals surface area contributed by atoms with Crippen molar-refractivity contribution in [1.82, 2.24) is 0 Å². The fraction of sp³-hybridized carbons (Fsp3) is 0.429. The van der Waals surface area contributed by atoms with Gasteiger partial charge in [-0.1, -0.05) is 296 Å². The molecule has 6 heteroatoms. The van der Waals surface area contributed by atoms with E-state index in [1.165, 1.54) is 132 Å². The number of hydrogen-bond acceptors (Lipinski definition) is 6. The van der Waals surface area contributed by atoms with Gasteiger partial charge in [-0.25, -0.2) is 0 Å². The molecule has 6 aromatic heterocycles. The fourth-order valence-corrected chi connectivity index (χ4v) is 14.1. The van der Waals surface area contributed by atoms with Crippen molar-refractivity contribution in [3.05, 3.63) is 211 Å². The first-order chi connectivity index (χ1) is 43.2. The average molecular weight is 1320 g/mol. The van der Waals surface area contributed by atoms with E-state index in [1.807, 2.05) is 68.0 Å². The lowest BCUT2D eigenvalue weighted by Gasteiger charge is -2.05. The maximum Gasteiger partial charge on any atom is 0.0377 e. The van der Waals surface area contributed by atoms with Gasteiger partial charge in [-0.2, -0.15) is 0 Å². The van der Waals surface area contributed by atoms with Crippen LogP contribution in [0, 0.1) is 0 Å². The Balaban J connectivity index is 0.000000512. The van der Waals surface area contributed by atoms with Gasteiger partial charge in [-0.05, 0) is 183 Å². The highest BCUT2D eigenvalue weighted by Crippen LogP contribution is 2.34. The Bertz CT molecular complexity index is 3400. The molecule has 0 nitrogen and oxygen atoms in total. The summed E-state index contributed by atoms with van der Waals surface area (Å²) in [6, 6.07) is 54.8. The molecular weight excluding hydrogens is 1200 g/mol. The van der Waals surface area contributed by atoms with Gasteiger partial charge in [-0.15, -0.1) is 68.0 Å². The van der Waals surface area contributed by atoms with E-state index in [1.54, 1.807) is 0 Å². The predicted molar refractivity (Wildman–Crippen MR) is 431 cm³/mol. The quantitative estimate of drug-likeness (QED) is 0.156. The lowest BCUT2D eigenvalue weighted by molar-refractivity contribution is 0.869. The van der Waals surface area contributed by atoms with Crippen molar-refractivity contribution in [3.63, 3.8) is 0 Å². The molecule has 0 spiro atoms. The van der Waals surface area contributed by atoms with Crippen LogP contribution < -0.4 is 0 Å². The first kappa shape index (κ1) is 83.1. The van der Waals surface area contributed by atoms with Crippen molar-refractivity contribution in [3.8, 4) is 0 Å². The summed E-state index contributed by atoms with van der Waals surface area (Å²) in [7, 11) is 0. The summed E-state index contributed by atoms with van der Waals surface area (Å²) in [6.45, 7) is 52.4. The molecule has 90 heavy (non-hydrogen) atoms. The van der Waals surface area contributed by atoms with Crippen LogP contribution in [0.3, 0.4) is 0 Å². The van der Waals surface area contributed by atoms with Gasteiger partial charge in [0.2, 0.25) is 0 Å². The predicted octanol–water partition coefficient (Wildman–Crippen LogP) is 32.6. The van der Waals surface area contributed by atoms with Crippen molar-refractivity contribution in [2.24, 2.45) is 0 Å². The second kappa shape index (κ2) is 48.8. The molecule has 0 unspecified atom stereocenters. The Morgan fingerprint density at radius 3 is 1.24 bits per heavy atom. The number of rotatable bonds is 6. The van der Waals surface area contributed by atoms with Crippen LogP contribution in [0.25, 0.3) is 60.5 Å². The molecule has 0 aliphatic carbocycles. The van der Waals surface area contributed by atoms with Crippen LogP contribution in [0.1, 0.15) is 273 Å². The topological polar surface area (TPSA) is 0 Å². The van der Waals surface area contributed by atoms with E-state index in [2.05, 4.69) is 345 Å². The summed E-state index contributed by atoms with van der Waals surface area (Å²) < 4.78 is 8.46. The minimum Gasteiger partial charge on any atom is -0.144 e. The van der Waals surface area contributed by atoms with Gasteiger partial charge in [0.25, 0.3) is 0 Å². The fourth-order valence-electron chi connectivity index (χ4n) is 8.40. The van der Waals surface area contributed by atoms with Crippen LogP contribution in [-0.4, -0.2) is 0 Å². The summed E-state index contributed by atoms with van der Waals surface area (Å²) in [4.78, 5) is 1.48. The minimum absolute atomic E-state index is 0.628.